The molecule has 0 atom stereocenters. The molecule has 0 aliphatic heterocycles. The molecular weight excluding hydrogens is 1880 g/mol. The fraction of sp³-hybridized carbons (Fsp3) is 0.0777. The molecule has 0 N–H and O–H groups in total. The molecular formula is C103H70ClF9O19S4. The molecule has 4 aromatic heterocycles. The number of benzene rings is 12. The molecule has 136 heavy (non-hydrogen) atoms. The molecule has 0 fully saturated rings. The van der Waals surface area contributed by atoms with Crippen molar-refractivity contribution in [2.45, 2.75) is 26.7 Å². The first kappa shape index (κ1) is 97.9. The first-order valence-corrected chi connectivity index (χ1v) is 43.6. The summed E-state index contributed by atoms with van der Waals surface area (Å²) < 4.78 is 196. The van der Waals surface area contributed by atoms with Crippen molar-refractivity contribution < 1.29 is 130 Å². The maximum atomic E-state index is 15.8. The number of aryl methyl sites for hydroxylation is 3. The highest BCUT2D eigenvalue weighted by Gasteiger charge is 2.42. The quantitative estimate of drug-likeness (QED) is 0.0125. The van der Waals surface area contributed by atoms with Gasteiger partial charge >= 0.3 is 5.92 Å². The third kappa shape index (κ3) is 23.2. The van der Waals surface area contributed by atoms with Gasteiger partial charge in [0.2, 0.25) is 17.3 Å². The van der Waals surface area contributed by atoms with E-state index in [9.17, 15) is 64.3 Å². The summed E-state index contributed by atoms with van der Waals surface area (Å²) in [7, 11) is 6.08. The molecule has 4 heterocycles. The van der Waals surface area contributed by atoms with Crippen molar-refractivity contribution in [1.82, 2.24) is 0 Å². The van der Waals surface area contributed by atoms with E-state index in [-0.39, 0.29) is 95.0 Å². The summed E-state index contributed by atoms with van der Waals surface area (Å²) in [5, 5.41) is 2.31. The Balaban J connectivity index is 0.000000153. The first-order valence-electron chi connectivity index (χ1n) is 40.0. The van der Waals surface area contributed by atoms with Crippen molar-refractivity contribution >= 4 is 165 Å². The Morgan fingerprint density at radius 1 is 0.316 bits per heavy atom. The molecule has 0 amide bonds. The summed E-state index contributed by atoms with van der Waals surface area (Å²) in [5.41, 5.74) is 3.50. The standard InChI is InChI=1S/C26H17F3O5S.C26H19F3O4S.C26H18F2O5S.C25H16ClFO5S/c1-14-9-16(27)3-5-18(14)23(31)26-24(19-6-4-17(32-2)12-22(19)35-26)34-25-20(28)10-15(11-21(25)29)7-8-33-13-30;1-16-13-18(27)5-10-22(16)26(28,29)25-24(21-9-8-20(31-2)14-23(21)34-25)33-19-6-3-17(4-7-19)11-12-32-15-30;1-15-11-17(27)4-6-19(15)24(30)26-25(20-7-5-18(31-2)13-23(20)34-26)33-22-8-3-16(12-21(22)28)9-10-32-14-29;1-30-18-7-9-20-22(13-18)33-25(23(29)19-8-4-16(27)12-21(19)26)24(20)32-17-5-2-15(3-6-17)10-11-31-14-28/h3-13H,1-2H3;3-15H,1-2H3;3-14H,1-2H3;2-14H,1H3/b8-7+;12-11+;10-9+;11-10+. The van der Waals surface area contributed by atoms with Crippen LogP contribution in [-0.4, -0.2) is 71.7 Å². The van der Waals surface area contributed by atoms with E-state index in [0.29, 0.717) is 111 Å². The van der Waals surface area contributed by atoms with Crippen molar-refractivity contribution in [1.29, 1.82) is 0 Å². The summed E-state index contributed by atoms with van der Waals surface area (Å²) in [4.78, 5) is 81.6. The summed E-state index contributed by atoms with van der Waals surface area (Å²) in [6.07, 6.45) is 10.4. The molecule has 12 aromatic carbocycles. The largest absolute Gasteiger partial charge is 0.497 e. The minimum absolute atomic E-state index is 0.0176. The van der Waals surface area contributed by atoms with Gasteiger partial charge in [-0.25, -0.2) is 30.7 Å². The molecule has 0 aliphatic rings. The highest BCUT2D eigenvalue weighted by atomic mass is 35.5. The van der Waals surface area contributed by atoms with Gasteiger partial charge in [-0.05, 0) is 278 Å². The van der Waals surface area contributed by atoms with Crippen molar-refractivity contribution in [2.24, 2.45) is 0 Å². The molecule has 0 radical (unpaired) electrons. The highest BCUT2D eigenvalue weighted by molar-refractivity contribution is 7.22. The Morgan fingerprint density at radius 3 is 1.04 bits per heavy atom. The normalized spacial score (nSPS) is 11.2. The van der Waals surface area contributed by atoms with Crippen LogP contribution in [0.3, 0.4) is 0 Å². The number of halogens is 10. The lowest BCUT2D eigenvalue weighted by Gasteiger charge is -2.19. The summed E-state index contributed by atoms with van der Waals surface area (Å²) in [6.45, 7) is 5.73. The maximum Gasteiger partial charge on any atom is 0.311 e. The lowest BCUT2D eigenvalue weighted by atomic mass is 10.0. The van der Waals surface area contributed by atoms with Crippen molar-refractivity contribution in [3.05, 3.63) is 376 Å². The third-order valence-corrected chi connectivity index (χ3v) is 25.0. The van der Waals surface area contributed by atoms with E-state index < -0.39 is 58.2 Å². The third-order valence-electron chi connectivity index (χ3n) is 20.1. The average Bonchev–Trinajstić information content (AvgIpc) is 1.77. The number of ether oxygens (including phenoxy) is 12. The average molecular weight is 1950 g/mol. The van der Waals surface area contributed by atoms with Crippen LogP contribution >= 0.6 is 56.9 Å². The number of carbonyl (C=O) groups is 7. The van der Waals surface area contributed by atoms with Crippen LogP contribution in [0, 0.1) is 61.5 Å². The number of hydrogen-bond donors (Lipinski definition) is 0. The predicted octanol–water partition coefficient (Wildman–Crippen LogP) is 27.8. The Bertz CT molecular complexity index is 7330. The highest BCUT2D eigenvalue weighted by Crippen LogP contribution is 2.53. The Hall–Kier alpha value is -15.6. The number of thiophene rings is 4. The molecule has 0 spiro atoms. The van der Waals surface area contributed by atoms with Crippen LogP contribution in [0.5, 0.6) is 69.0 Å². The topological polar surface area (TPSA) is 230 Å². The van der Waals surface area contributed by atoms with Crippen LogP contribution < -0.4 is 37.9 Å². The second kappa shape index (κ2) is 44.7. The van der Waals surface area contributed by atoms with Gasteiger partial charge < -0.3 is 56.8 Å². The fourth-order valence-electron chi connectivity index (χ4n) is 13.5. The van der Waals surface area contributed by atoms with Gasteiger partial charge in [0.15, 0.2) is 51.9 Å². The molecule has 16 aromatic rings. The van der Waals surface area contributed by atoms with Crippen LogP contribution in [-0.2, 0) is 44.0 Å². The second-order valence-corrected chi connectivity index (χ2v) is 33.4. The maximum absolute atomic E-state index is 15.8. The second-order valence-electron chi connectivity index (χ2n) is 28.7. The zero-order valence-electron chi connectivity index (χ0n) is 72.0. The van der Waals surface area contributed by atoms with Crippen molar-refractivity contribution in [3.63, 3.8) is 0 Å². The van der Waals surface area contributed by atoms with E-state index in [4.69, 9.17) is 49.5 Å². The van der Waals surface area contributed by atoms with Crippen LogP contribution in [0.25, 0.3) is 64.6 Å². The van der Waals surface area contributed by atoms with E-state index in [1.54, 1.807) is 148 Å². The molecule has 33 heteroatoms. The number of hydrogen-bond acceptors (Lipinski definition) is 23. The van der Waals surface area contributed by atoms with Crippen molar-refractivity contribution in [3.8, 4) is 69.0 Å². The van der Waals surface area contributed by atoms with E-state index >= 15 is 8.78 Å². The molecule has 0 aliphatic carbocycles. The summed E-state index contributed by atoms with van der Waals surface area (Å²) in [6, 6.07) is 54.9. The monoisotopic (exact) mass is 1940 g/mol. The summed E-state index contributed by atoms with van der Waals surface area (Å²) >= 11 is 10.5. The zero-order valence-corrected chi connectivity index (χ0v) is 76.0. The SMILES string of the molecule is COc1ccc2c(Oc3c(F)cc(/C=C/OC=O)cc3F)c(C(=O)c3ccc(F)cc3C)sc2c1.COc1ccc2c(Oc3ccc(/C=C/OC=O)cc3)c(C(=O)c3ccc(F)cc3Cl)sc2c1.COc1ccc2c(Oc3ccc(/C=C/OC=O)cc3)c(C(F)(F)c3ccc(F)cc3C)sc2c1.COc1ccc2c(Oc3ccc(/C=C/OC=O)cc3F)c(C(=O)c3ccc(F)cc3C)sc2c1. The van der Waals surface area contributed by atoms with Gasteiger partial charge in [0.25, 0.3) is 25.9 Å². The van der Waals surface area contributed by atoms with Gasteiger partial charge in [-0.1, -0.05) is 41.9 Å². The van der Waals surface area contributed by atoms with Gasteiger partial charge in [0.05, 0.1) is 58.5 Å². The summed E-state index contributed by atoms with van der Waals surface area (Å²) in [5.74, 6) is -6.54. The molecule has 0 saturated carbocycles. The van der Waals surface area contributed by atoms with Gasteiger partial charge in [-0.2, -0.15) is 8.78 Å². The zero-order chi connectivity index (χ0) is 97.0. The van der Waals surface area contributed by atoms with Crippen LogP contribution in [0.4, 0.5) is 39.5 Å². The molecule has 0 unspecified atom stereocenters. The van der Waals surface area contributed by atoms with Gasteiger partial charge in [-0.15, -0.1) is 45.3 Å². The number of methoxy groups -OCH3 is 4. The van der Waals surface area contributed by atoms with E-state index in [0.717, 1.165) is 98.9 Å². The van der Waals surface area contributed by atoms with Crippen LogP contribution in [0.1, 0.15) is 95.1 Å². The van der Waals surface area contributed by atoms with Gasteiger partial charge in [-0.3, -0.25) is 33.6 Å². The number of alkyl halides is 2. The van der Waals surface area contributed by atoms with Gasteiger partial charge in [0.1, 0.15) is 77.3 Å². The lowest BCUT2D eigenvalue weighted by molar-refractivity contribution is -0.124. The Kier molecular flexibility index (Phi) is 32.2. The van der Waals surface area contributed by atoms with E-state index in [1.807, 2.05) is 12.1 Å². The fourth-order valence-corrected chi connectivity index (χ4v) is 18.2. The Labute approximate surface area is 789 Å². The smallest absolute Gasteiger partial charge is 0.311 e. The molecule has 16 rings (SSSR count). The van der Waals surface area contributed by atoms with Crippen LogP contribution in [0.15, 0.2) is 250 Å². The van der Waals surface area contributed by atoms with E-state index in [1.165, 1.54) is 130 Å². The number of fused-ring (bicyclic) bond motifs is 4. The minimum atomic E-state index is -3.43. The number of carbonyl (C=O) groups excluding carboxylic acids is 7. The van der Waals surface area contributed by atoms with Gasteiger partial charge in [0, 0.05) is 62.6 Å². The first-order chi connectivity index (χ1) is 65.5. The predicted molar refractivity (Wildman–Crippen MR) is 502 cm³/mol. The molecule has 19 nitrogen and oxygen atoms in total. The minimum Gasteiger partial charge on any atom is -0.497 e. The molecule has 0 saturated heterocycles. The molecule has 690 valence electrons. The van der Waals surface area contributed by atoms with Crippen molar-refractivity contribution in [2.75, 3.05) is 28.4 Å². The van der Waals surface area contributed by atoms with Crippen LogP contribution in [0.2, 0.25) is 5.02 Å². The number of rotatable bonds is 32. The Morgan fingerprint density at radius 2 is 0.647 bits per heavy atom. The van der Waals surface area contributed by atoms with E-state index in [2.05, 4.69) is 18.9 Å². The lowest BCUT2D eigenvalue weighted by Crippen LogP contribution is -2.16. The number of ketones is 3. The molecule has 0 bridgehead atoms.